The van der Waals surface area contributed by atoms with E-state index in [1.54, 1.807) is 0 Å². The van der Waals surface area contributed by atoms with Crippen molar-refractivity contribution in [2.24, 2.45) is 5.92 Å². The molecular formula is C17H28N2O. The summed E-state index contributed by atoms with van der Waals surface area (Å²) in [5.74, 6) is 3.17. The number of hydrogen-bond acceptors (Lipinski definition) is 3. The summed E-state index contributed by atoms with van der Waals surface area (Å²) < 4.78 is 5.97. The molecule has 20 heavy (non-hydrogen) atoms. The third-order valence-electron chi connectivity index (χ3n) is 4.76. The van der Waals surface area contributed by atoms with Crippen molar-refractivity contribution in [1.29, 1.82) is 0 Å². The van der Waals surface area contributed by atoms with Gasteiger partial charge in [-0.3, -0.25) is 4.90 Å². The maximum Gasteiger partial charge on any atom is 0.118 e. The Balaban J connectivity index is 1.60. The van der Waals surface area contributed by atoms with Crippen LogP contribution in [-0.4, -0.2) is 23.0 Å². The third kappa shape index (κ3) is 3.09. The van der Waals surface area contributed by atoms with Crippen LogP contribution in [0.5, 0.6) is 0 Å². The molecule has 0 radical (unpaired) electrons. The van der Waals surface area contributed by atoms with Gasteiger partial charge in [0, 0.05) is 30.2 Å². The van der Waals surface area contributed by atoms with Gasteiger partial charge in [-0.25, -0.2) is 0 Å². The van der Waals surface area contributed by atoms with E-state index in [4.69, 9.17) is 4.42 Å². The fourth-order valence-electron chi connectivity index (χ4n) is 3.62. The molecule has 3 nitrogen and oxygen atoms in total. The molecule has 2 fully saturated rings. The first-order valence-electron chi connectivity index (χ1n) is 7.98. The molecule has 1 saturated carbocycles. The van der Waals surface area contributed by atoms with Crippen molar-refractivity contribution < 1.29 is 4.42 Å². The standard InChI is InChI=1S/C17H28N2O/c1-12-14(9-18-17(2,3)4)8-16(20-12)11-19-10-13-5-6-15(19)7-13/h8,13,15,18H,5-7,9-11H2,1-4H3. The largest absolute Gasteiger partial charge is 0.465 e. The number of hydrogen-bond donors (Lipinski definition) is 1. The SMILES string of the molecule is Cc1oc(CN2CC3CCC2C3)cc1CNC(C)(C)C. The van der Waals surface area contributed by atoms with Gasteiger partial charge in [-0.2, -0.15) is 0 Å². The van der Waals surface area contributed by atoms with E-state index in [1.165, 1.54) is 31.4 Å². The zero-order chi connectivity index (χ0) is 14.3. The third-order valence-corrected chi connectivity index (χ3v) is 4.76. The monoisotopic (exact) mass is 276 g/mol. The van der Waals surface area contributed by atoms with Crippen molar-refractivity contribution in [1.82, 2.24) is 10.2 Å². The molecule has 0 aromatic carbocycles. The van der Waals surface area contributed by atoms with Crippen molar-refractivity contribution in [3.05, 3.63) is 23.2 Å². The van der Waals surface area contributed by atoms with Crippen LogP contribution in [0, 0.1) is 12.8 Å². The average molecular weight is 276 g/mol. The Labute approximate surface area is 122 Å². The number of rotatable bonds is 4. The Morgan fingerprint density at radius 3 is 2.75 bits per heavy atom. The van der Waals surface area contributed by atoms with Gasteiger partial charge in [0.25, 0.3) is 0 Å². The van der Waals surface area contributed by atoms with Gasteiger partial charge in [0.05, 0.1) is 6.54 Å². The van der Waals surface area contributed by atoms with Crippen molar-refractivity contribution in [3.8, 4) is 0 Å². The van der Waals surface area contributed by atoms with Gasteiger partial charge < -0.3 is 9.73 Å². The summed E-state index contributed by atoms with van der Waals surface area (Å²) in [5, 5.41) is 3.54. The molecule has 1 aliphatic heterocycles. The van der Waals surface area contributed by atoms with Gasteiger partial charge in [-0.1, -0.05) is 0 Å². The Morgan fingerprint density at radius 1 is 1.35 bits per heavy atom. The lowest BCUT2D eigenvalue weighted by Gasteiger charge is -2.25. The highest BCUT2D eigenvalue weighted by Gasteiger charge is 2.37. The fraction of sp³-hybridized carbons (Fsp3) is 0.765. The summed E-state index contributed by atoms with van der Waals surface area (Å²) >= 11 is 0. The quantitative estimate of drug-likeness (QED) is 0.913. The van der Waals surface area contributed by atoms with Crippen LogP contribution in [0.25, 0.3) is 0 Å². The summed E-state index contributed by atoms with van der Waals surface area (Å²) in [6.07, 6.45) is 4.25. The Kier molecular flexibility index (Phi) is 3.67. The van der Waals surface area contributed by atoms with E-state index >= 15 is 0 Å². The van der Waals surface area contributed by atoms with Gasteiger partial charge >= 0.3 is 0 Å². The predicted molar refractivity (Wildman–Crippen MR) is 81.6 cm³/mol. The van der Waals surface area contributed by atoms with E-state index in [9.17, 15) is 0 Å². The molecule has 0 amide bonds. The lowest BCUT2D eigenvalue weighted by Crippen LogP contribution is -2.35. The van der Waals surface area contributed by atoms with E-state index in [2.05, 4.69) is 44.0 Å². The second-order valence-corrected chi connectivity index (χ2v) is 7.66. The number of nitrogens with one attached hydrogen (secondary N) is 1. The van der Waals surface area contributed by atoms with Gasteiger partial charge in [-0.05, 0) is 58.9 Å². The maximum absolute atomic E-state index is 5.97. The average Bonchev–Trinajstić information content (AvgIpc) is 3.01. The zero-order valence-corrected chi connectivity index (χ0v) is 13.3. The highest BCUT2D eigenvalue weighted by atomic mass is 16.3. The molecule has 2 unspecified atom stereocenters. The molecule has 1 aliphatic carbocycles. The van der Waals surface area contributed by atoms with E-state index in [0.717, 1.165) is 36.6 Å². The lowest BCUT2D eigenvalue weighted by molar-refractivity contribution is 0.189. The molecule has 3 heteroatoms. The predicted octanol–water partition coefficient (Wildman–Crippen LogP) is 3.46. The normalized spacial score (nSPS) is 26.6. The number of furan rings is 1. The molecule has 2 aliphatic rings. The van der Waals surface area contributed by atoms with E-state index in [-0.39, 0.29) is 5.54 Å². The molecule has 112 valence electrons. The van der Waals surface area contributed by atoms with Crippen molar-refractivity contribution >= 4 is 0 Å². The number of nitrogens with zero attached hydrogens (tertiary/aromatic N) is 1. The number of aryl methyl sites for hydroxylation is 1. The second-order valence-electron chi connectivity index (χ2n) is 7.66. The van der Waals surface area contributed by atoms with Crippen LogP contribution in [0.3, 0.4) is 0 Å². The van der Waals surface area contributed by atoms with Crippen LogP contribution in [0.4, 0.5) is 0 Å². The van der Waals surface area contributed by atoms with Crippen LogP contribution < -0.4 is 5.32 Å². The maximum atomic E-state index is 5.97. The molecule has 1 N–H and O–H groups in total. The number of fused-ring (bicyclic) bond motifs is 2. The van der Waals surface area contributed by atoms with Crippen molar-refractivity contribution in [2.75, 3.05) is 6.54 Å². The van der Waals surface area contributed by atoms with Crippen molar-refractivity contribution in [3.63, 3.8) is 0 Å². The number of likely N-dealkylation sites (tertiary alicyclic amines) is 1. The Morgan fingerprint density at radius 2 is 2.15 bits per heavy atom. The molecule has 3 rings (SSSR count). The first kappa shape index (κ1) is 14.2. The minimum Gasteiger partial charge on any atom is -0.465 e. The van der Waals surface area contributed by atoms with Gasteiger partial charge in [-0.15, -0.1) is 0 Å². The van der Waals surface area contributed by atoms with Gasteiger partial charge in [0.2, 0.25) is 0 Å². The topological polar surface area (TPSA) is 28.4 Å². The van der Waals surface area contributed by atoms with E-state index in [0.29, 0.717) is 0 Å². The fourth-order valence-corrected chi connectivity index (χ4v) is 3.62. The molecule has 2 atom stereocenters. The van der Waals surface area contributed by atoms with Crippen LogP contribution >= 0.6 is 0 Å². The van der Waals surface area contributed by atoms with Crippen LogP contribution in [0.1, 0.15) is 57.1 Å². The molecule has 1 aromatic heterocycles. The second kappa shape index (κ2) is 5.19. The smallest absolute Gasteiger partial charge is 0.118 e. The summed E-state index contributed by atoms with van der Waals surface area (Å²) in [5.41, 5.74) is 1.46. The van der Waals surface area contributed by atoms with Gasteiger partial charge in [0.1, 0.15) is 11.5 Å². The first-order chi connectivity index (χ1) is 9.40. The van der Waals surface area contributed by atoms with E-state index < -0.39 is 0 Å². The number of piperidine rings is 1. The molecule has 1 aromatic rings. The summed E-state index contributed by atoms with van der Waals surface area (Å²) in [6.45, 7) is 11.8. The zero-order valence-electron chi connectivity index (χ0n) is 13.3. The minimum absolute atomic E-state index is 0.151. The summed E-state index contributed by atoms with van der Waals surface area (Å²) in [4.78, 5) is 2.62. The highest BCUT2D eigenvalue weighted by molar-refractivity contribution is 5.21. The molecule has 2 bridgehead atoms. The minimum atomic E-state index is 0.151. The lowest BCUT2D eigenvalue weighted by atomic mass is 10.1. The molecule has 2 heterocycles. The Bertz CT molecular complexity index is 472. The van der Waals surface area contributed by atoms with Crippen LogP contribution in [-0.2, 0) is 13.1 Å². The summed E-state index contributed by atoms with van der Waals surface area (Å²) in [6, 6.07) is 3.07. The van der Waals surface area contributed by atoms with Gasteiger partial charge in [0.15, 0.2) is 0 Å². The highest BCUT2D eigenvalue weighted by Crippen LogP contribution is 2.38. The van der Waals surface area contributed by atoms with Crippen molar-refractivity contribution in [2.45, 2.75) is 71.6 Å². The Hall–Kier alpha value is -0.800. The van der Waals surface area contributed by atoms with E-state index in [1.807, 2.05) is 0 Å². The molecule has 0 spiro atoms. The summed E-state index contributed by atoms with van der Waals surface area (Å²) in [7, 11) is 0. The molecule has 1 saturated heterocycles. The molecular weight excluding hydrogens is 248 g/mol. The first-order valence-corrected chi connectivity index (χ1v) is 7.98. The van der Waals surface area contributed by atoms with Crippen LogP contribution in [0.15, 0.2) is 10.5 Å². The van der Waals surface area contributed by atoms with Crippen LogP contribution in [0.2, 0.25) is 0 Å².